The van der Waals surface area contributed by atoms with Crippen LogP contribution in [0.3, 0.4) is 0 Å². The number of hydrogen-bond donors (Lipinski definition) is 1. The van der Waals surface area contributed by atoms with Crippen molar-refractivity contribution in [3.63, 3.8) is 0 Å². The van der Waals surface area contributed by atoms with Crippen molar-refractivity contribution in [1.29, 1.82) is 0 Å². The summed E-state index contributed by atoms with van der Waals surface area (Å²) < 4.78 is 45.1. The SMILES string of the molecule is CCN(C(=O)c1cc(F)ccc1Oc1nncnc1N1CCC2(C1)CN(C(CCCNCCC(F)F)C(C)C)C2)C(C)C. The number of amides is 1. The van der Waals surface area contributed by atoms with Crippen LogP contribution in [0, 0.1) is 17.2 Å². The summed E-state index contributed by atoms with van der Waals surface area (Å²) in [5, 5.41) is 11.3. The Morgan fingerprint density at radius 1 is 1.14 bits per heavy atom. The van der Waals surface area contributed by atoms with Crippen LogP contribution in [-0.2, 0) is 0 Å². The van der Waals surface area contributed by atoms with Crippen LogP contribution in [0.25, 0.3) is 0 Å². The molecule has 0 radical (unpaired) electrons. The highest BCUT2D eigenvalue weighted by molar-refractivity contribution is 5.97. The van der Waals surface area contributed by atoms with E-state index in [0.29, 0.717) is 30.9 Å². The van der Waals surface area contributed by atoms with E-state index in [4.69, 9.17) is 4.74 Å². The minimum Gasteiger partial charge on any atom is -0.434 e. The van der Waals surface area contributed by atoms with Gasteiger partial charge in [0.1, 0.15) is 17.9 Å². The van der Waals surface area contributed by atoms with E-state index in [2.05, 4.69) is 44.1 Å². The van der Waals surface area contributed by atoms with Gasteiger partial charge in [0.25, 0.3) is 11.8 Å². The zero-order valence-electron chi connectivity index (χ0n) is 26.0. The first kappa shape index (κ1) is 32.9. The molecular formula is C31H46F3N7O2. The van der Waals surface area contributed by atoms with Gasteiger partial charge in [0.05, 0.1) is 5.56 Å². The molecule has 0 bridgehead atoms. The molecule has 0 saturated carbocycles. The number of likely N-dealkylation sites (tertiary alicyclic amines) is 1. The number of hydrogen-bond acceptors (Lipinski definition) is 8. The zero-order valence-corrected chi connectivity index (χ0v) is 26.0. The van der Waals surface area contributed by atoms with Crippen LogP contribution in [-0.4, -0.2) is 95.2 Å². The normalized spacial score (nSPS) is 17.2. The fourth-order valence-corrected chi connectivity index (χ4v) is 6.44. The zero-order chi connectivity index (χ0) is 31.1. The molecule has 1 spiro atoms. The van der Waals surface area contributed by atoms with E-state index in [0.717, 1.165) is 52.0 Å². The van der Waals surface area contributed by atoms with E-state index in [9.17, 15) is 18.0 Å². The van der Waals surface area contributed by atoms with Crippen molar-refractivity contribution in [3.8, 4) is 11.6 Å². The molecule has 4 rings (SSSR count). The Bertz CT molecular complexity index is 1210. The van der Waals surface area contributed by atoms with Crippen molar-refractivity contribution in [1.82, 2.24) is 30.3 Å². The number of carbonyl (C=O) groups excluding carboxylic acids is 1. The number of anilines is 1. The summed E-state index contributed by atoms with van der Waals surface area (Å²) in [7, 11) is 0. The van der Waals surface area contributed by atoms with Crippen LogP contribution in [0.1, 0.15) is 70.7 Å². The number of rotatable bonds is 15. The molecule has 1 unspecified atom stereocenters. The van der Waals surface area contributed by atoms with Crippen molar-refractivity contribution in [3.05, 3.63) is 35.9 Å². The van der Waals surface area contributed by atoms with Crippen molar-refractivity contribution in [2.24, 2.45) is 11.3 Å². The molecular weight excluding hydrogens is 559 g/mol. The molecule has 1 N–H and O–H groups in total. The monoisotopic (exact) mass is 605 g/mol. The third kappa shape index (κ3) is 8.14. The van der Waals surface area contributed by atoms with Gasteiger partial charge in [0.2, 0.25) is 6.43 Å². The Balaban J connectivity index is 1.40. The lowest BCUT2D eigenvalue weighted by molar-refractivity contribution is -0.0339. The lowest BCUT2D eigenvalue weighted by atomic mass is 9.76. The number of nitrogens with one attached hydrogen (secondary N) is 1. The second-order valence-corrected chi connectivity index (χ2v) is 12.5. The molecule has 238 valence electrons. The van der Waals surface area contributed by atoms with Gasteiger partial charge in [-0.15, -0.1) is 10.2 Å². The lowest BCUT2D eigenvalue weighted by Crippen LogP contribution is -2.62. The standard InChI is InChI=1S/C31H46F3N7O2/c1-6-41(22(4)5)30(42)24-16-23(32)9-10-26(24)43-29-28(36-20-37-38-29)39-15-12-31(17-39)18-40(19-31)25(21(2)3)8-7-13-35-14-11-27(33)34/h9-10,16,20-22,25,27,35H,6-8,11-15,17-19H2,1-5H3. The molecule has 1 aromatic carbocycles. The van der Waals surface area contributed by atoms with Crippen LogP contribution in [0.5, 0.6) is 11.6 Å². The van der Waals surface area contributed by atoms with Crippen molar-refractivity contribution in [2.45, 2.75) is 78.8 Å². The van der Waals surface area contributed by atoms with E-state index in [1.807, 2.05) is 20.8 Å². The maximum Gasteiger partial charge on any atom is 0.282 e. The summed E-state index contributed by atoms with van der Waals surface area (Å²) in [6.45, 7) is 15.3. The lowest BCUT2D eigenvalue weighted by Gasteiger charge is -2.53. The summed E-state index contributed by atoms with van der Waals surface area (Å²) in [4.78, 5) is 24.2. The van der Waals surface area contributed by atoms with Gasteiger partial charge in [-0.3, -0.25) is 9.69 Å². The highest BCUT2D eigenvalue weighted by Gasteiger charge is 2.50. The van der Waals surface area contributed by atoms with Gasteiger partial charge in [0, 0.05) is 63.2 Å². The molecule has 12 heteroatoms. The summed E-state index contributed by atoms with van der Waals surface area (Å²) in [6.07, 6.45) is 2.01. The van der Waals surface area contributed by atoms with E-state index in [-0.39, 0.29) is 41.0 Å². The molecule has 2 aromatic rings. The first-order valence-electron chi connectivity index (χ1n) is 15.5. The van der Waals surface area contributed by atoms with Crippen molar-refractivity contribution < 1.29 is 22.7 Å². The Morgan fingerprint density at radius 2 is 1.91 bits per heavy atom. The quantitative estimate of drug-likeness (QED) is 0.276. The molecule has 2 aliphatic rings. The Labute approximate surface area is 253 Å². The number of aromatic nitrogens is 3. The minimum atomic E-state index is -2.26. The van der Waals surface area contributed by atoms with Gasteiger partial charge in [-0.25, -0.2) is 18.2 Å². The van der Waals surface area contributed by atoms with E-state index in [1.165, 1.54) is 24.5 Å². The van der Waals surface area contributed by atoms with E-state index in [1.54, 1.807) is 4.90 Å². The average Bonchev–Trinajstić information content (AvgIpc) is 3.39. The fourth-order valence-electron chi connectivity index (χ4n) is 6.44. The molecule has 9 nitrogen and oxygen atoms in total. The van der Waals surface area contributed by atoms with Gasteiger partial charge in [-0.2, -0.15) is 0 Å². The number of halogens is 3. The fraction of sp³-hybridized carbons (Fsp3) is 0.677. The van der Waals surface area contributed by atoms with Gasteiger partial charge in [-0.05, 0) is 70.7 Å². The highest BCUT2D eigenvalue weighted by Crippen LogP contribution is 2.44. The maximum atomic E-state index is 14.2. The van der Waals surface area contributed by atoms with Crippen LogP contribution in [0.15, 0.2) is 24.5 Å². The second-order valence-electron chi connectivity index (χ2n) is 12.5. The van der Waals surface area contributed by atoms with Gasteiger partial charge in [-0.1, -0.05) is 13.8 Å². The summed E-state index contributed by atoms with van der Waals surface area (Å²) >= 11 is 0. The summed E-state index contributed by atoms with van der Waals surface area (Å²) in [5.74, 6) is 0.605. The Morgan fingerprint density at radius 3 is 2.58 bits per heavy atom. The molecule has 3 heterocycles. The van der Waals surface area contributed by atoms with Crippen molar-refractivity contribution >= 4 is 11.7 Å². The summed E-state index contributed by atoms with van der Waals surface area (Å²) in [6, 6.07) is 4.30. The smallest absolute Gasteiger partial charge is 0.282 e. The number of benzene rings is 1. The predicted octanol–water partition coefficient (Wildman–Crippen LogP) is 5.24. The molecule has 1 atom stereocenters. The first-order chi connectivity index (χ1) is 20.5. The highest BCUT2D eigenvalue weighted by atomic mass is 19.3. The third-order valence-corrected chi connectivity index (χ3v) is 8.62. The number of nitrogens with zero attached hydrogens (tertiary/aromatic N) is 6. The van der Waals surface area contributed by atoms with E-state index >= 15 is 0 Å². The maximum absolute atomic E-state index is 14.2. The Kier molecular flexibility index (Phi) is 11.2. The van der Waals surface area contributed by atoms with Crippen LogP contribution >= 0.6 is 0 Å². The molecule has 1 aromatic heterocycles. The number of ether oxygens (including phenoxy) is 1. The minimum absolute atomic E-state index is 0.0601. The van der Waals surface area contributed by atoms with Gasteiger partial charge in [0.15, 0.2) is 5.82 Å². The third-order valence-electron chi connectivity index (χ3n) is 8.62. The molecule has 2 aliphatic heterocycles. The molecule has 1 amide bonds. The van der Waals surface area contributed by atoms with Crippen LogP contribution in [0.4, 0.5) is 19.0 Å². The van der Waals surface area contributed by atoms with Crippen LogP contribution in [0.2, 0.25) is 0 Å². The van der Waals surface area contributed by atoms with Gasteiger partial charge >= 0.3 is 0 Å². The Hall–Kier alpha value is -2.99. The largest absolute Gasteiger partial charge is 0.434 e. The van der Waals surface area contributed by atoms with E-state index < -0.39 is 12.2 Å². The number of alkyl halides is 2. The van der Waals surface area contributed by atoms with Crippen molar-refractivity contribution in [2.75, 3.05) is 50.7 Å². The number of carbonyl (C=O) groups is 1. The second kappa shape index (κ2) is 14.7. The predicted molar refractivity (Wildman–Crippen MR) is 160 cm³/mol. The average molecular weight is 606 g/mol. The first-order valence-corrected chi connectivity index (χ1v) is 15.5. The summed E-state index contributed by atoms with van der Waals surface area (Å²) in [5.41, 5.74) is 0.268. The molecule has 2 saturated heterocycles. The molecule has 0 aliphatic carbocycles. The topological polar surface area (TPSA) is 86.7 Å². The molecule has 43 heavy (non-hydrogen) atoms. The molecule has 2 fully saturated rings. The van der Waals surface area contributed by atoms with Crippen LogP contribution < -0.4 is 15.0 Å². The van der Waals surface area contributed by atoms with Gasteiger partial charge < -0.3 is 19.9 Å².